The van der Waals surface area contributed by atoms with E-state index >= 15 is 0 Å². The average molecular weight is 302 g/mol. The van der Waals surface area contributed by atoms with Crippen molar-refractivity contribution in [2.45, 2.75) is 18.7 Å². The van der Waals surface area contributed by atoms with Crippen LogP contribution in [-0.2, 0) is 5.60 Å². The van der Waals surface area contributed by atoms with Crippen molar-refractivity contribution in [1.29, 1.82) is 0 Å². The maximum atomic E-state index is 13.5. The Balaban J connectivity index is 2.74. The summed E-state index contributed by atoms with van der Waals surface area (Å²) in [6, 6.07) is 7.09. The number of aryl methyl sites for hydroxylation is 1. The molecule has 1 aromatic carbocycles. The van der Waals surface area contributed by atoms with Gasteiger partial charge in [0.1, 0.15) is 5.75 Å². The molecule has 0 spiro atoms. The topological polar surface area (TPSA) is 29.5 Å². The van der Waals surface area contributed by atoms with Gasteiger partial charge in [0, 0.05) is 5.56 Å². The van der Waals surface area contributed by atoms with Crippen LogP contribution in [0.15, 0.2) is 35.7 Å². The molecule has 2 rings (SSSR count). The number of rotatable bonds is 3. The molecular weight excluding hydrogens is 289 g/mol. The van der Waals surface area contributed by atoms with Crippen molar-refractivity contribution < 1.29 is 23.0 Å². The quantitative estimate of drug-likeness (QED) is 0.933. The molecule has 0 aliphatic rings. The summed E-state index contributed by atoms with van der Waals surface area (Å²) < 4.78 is 45.5. The Morgan fingerprint density at radius 3 is 2.40 bits per heavy atom. The normalized spacial score (nSPS) is 14.9. The number of methoxy groups -OCH3 is 1. The number of ether oxygens (including phenoxy) is 1. The molecule has 108 valence electrons. The molecule has 1 aromatic heterocycles. The number of thiophene rings is 1. The first-order valence-corrected chi connectivity index (χ1v) is 6.67. The second-order valence-electron chi connectivity index (χ2n) is 4.39. The Hall–Kier alpha value is -1.53. The van der Waals surface area contributed by atoms with Crippen LogP contribution < -0.4 is 4.74 Å². The lowest BCUT2D eigenvalue weighted by Gasteiger charge is -2.31. The molecule has 0 aliphatic carbocycles. The first-order chi connectivity index (χ1) is 9.30. The van der Waals surface area contributed by atoms with E-state index in [4.69, 9.17) is 4.74 Å². The molecule has 1 atom stereocenters. The van der Waals surface area contributed by atoms with E-state index in [0.717, 1.165) is 11.3 Å². The van der Waals surface area contributed by atoms with Gasteiger partial charge >= 0.3 is 6.18 Å². The van der Waals surface area contributed by atoms with E-state index in [2.05, 4.69) is 0 Å². The van der Waals surface area contributed by atoms with E-state index in [1.54, 1.807) is 13.0 Å². The van der Waals surface area contributed by atoms with Gasteiger partial charge in [0.2, 0.25) is 5.60 Å². The minimum atomic E-state index is -4.85. The fourth-order valence-electron chi connectivity index (χ4n) is 2.01. The average Bonchev–Trinajstić information content (AvgIpc) is 2.90. The Labute approximate surface area is 118 Å². The second-order valence-corrected chi connectivity index (χ2v) is 5.34. The van der Waals surface area contributed by atoms with Crippen LogP contribution in [0.2, 0.25) is 0 Å². The molecule has 0 radical (unpaired) electrons. The summed E-state index contributed by atoms with van der Waals surface area (Å²) in [7, 11) is 1.28. The maximum absolute atomic E-state index is 13.5. The van der Waals surface area contributed by atoms with Crippen LogP contribution in [0.4, 0.5) is 13.2 Å². The van der Waals surface area contributed by atoms with Crippen LogP contribution in [0.1, 0.15) is 16.0 Å². The standard InChI is InChI=1S/C14H13F3O2S/c1-9-5-6-11(19-2)10(8-9)13(18,14(15,16)17)12-4-3-7-20-12/h3-8,18H,1-2H3. The molecule has 0 saturated heterocycles. The van der Waals surface area contributed by atoms with Crippen LogP contribution in [0.25, 0.3) is 0 Å². The molecular formula is C14H13F3O2S. The van der Waals surface area contributed by atoms with Crippen molar-refractivity contribution in [2.24, 2.45) is 0 Å². The van der Waals surface area contributed by atoms with Crippen molar-refractivity contribution in [3.63, 3.8) is 0 Å². The molecule has 2 aromatic rings. The van der Waals surface area contributed by atoms with Crippen LogP contribution >= 0.6 is 11.3 Å². The van der Waals surface area contributed by atoms with Gasteiger partial charge in [-0.3, -0.25) is 0 Å². The Bertz CT molecular complexity index is 593. The Morgan fingerprint density at radius 1 is 1.20 bits per heavy atom. The van der Waals surface area contributed by atoms with Gasteiger partial charge in [0.25, 0.3) is 0 Å². The predicted molar refractivity (Wildman–Crippen MR) is 71.1 cm³/mol. The van der Waals surface area contributed by atoms with E-state index in [1.807, 2.05) is 0 Å². The highest BCUT2D eigenvalue weighted by Gasteiger charge is 2.58. The van der Waals surface area contributed by atoms with Gasteiger partial charge in [0.05, 0.1) is 12.0 Å². The third-order valence-electron chi connectivity index (χ3n) is 3.03. The molecule has 20 heavy (non-hydrogen) atoms. The third-order valence-corrected chi connectivity index (χ3v) is 4.01. The van der Waals surface area contributed by atoms with Crippen molar-refractivity contribution in [1.82, 2.24) is 0 Å². The van der Waals surface area contributed by atoms with E-state index in [0.29, 0.717) is 5.56 Å². The molecule has 1 N–H and O–H groups in total. The molecule has 1 heterocycles. The summed E-state index contributed by atoms with van der Waals surface area (Å²) >= 11 is 0.851. The number of halogens is 3. The van der Waals surface area contributed by atoms with E-state index in [-0.39, 0.29) is 16.2 Å². The molecule has 0 bridgehead atoms. The highest BCUT2D eigenvalue weighted by atomic mass is 32.1. The first-order valence-electron chi connectivity index (χ1n) is 5.79. The van der Waals surface area contributed by atoms with E-state index in [1.165, 1.54) is 36.8 Å². The third kappa shape index (κ3) is 2.29. The molecule has 0 aliphatic heterocycles. The lowest BCUT2D eigenvalue weighted by atomic mass is 9.89. The summed E-state index contributed by atoms with van der Waals surface area (Å²) in [6.45, 7) is 1.66. The van der Waals surface area contributed by atoms with E-state index in [9.17, 15) is 18.3 Å². The summed E-state index contributed by atoms with van der Waals surface area (Å²) in [6.07, 6.45) is -4.85. The molecule has 1 unspecified atom stereocenters. The fraction of sp³-hybridized carbons (Fsp3) is 0.286. The molecule has 0 fully saturated rings. The van der Waals surface area contributed by atoms with Crippen molar-refractivity contribution in [2.75, 3.05) is 7.11 Å². The maximum Gasteiger partial charge on any atom is 0.426 e. The zero-order chi connectivity index (χ0) is 15.0. The lowest BCUT2D eigenvalue weighted by molar-refractivity contribution is -0.247. The largest absolute Gasteiger partial charge is 0.496 e. The van der Waals surface area contributed by atoms with Crippen LogP contribution in [0, 0.1) is 6.92 Å². The van der Waals surface area contributed by atoms with Gasteiger partial charge in [-0.05, 0) is 30.5 Å². The lowest BCUT2D eigenvalue weighted by Crippen LogP contribution is -2.43. The van der Waals surface area contributed by atoms with Crippen molar-refractivity contribution in [3.05, 3.63) is 51.7 Å². The zero-order valence-corrected chi connectivity index (χ0v) is 11.7. The minimum Gasteiger partial charge on any atom is -0.496 e. The highest BCUT2D eigenvalue weighted by molar-refractivity contribution is 7.10. The Morgan fingerprint density at radius 2 is 1.90 bits per heavy atom. The predicted octanol–water partition coefficient (Wildman–Crippen LogP) is 3.86. The summed E-state index contributed by atoms with van der Waals surface area (Å²) in [5, 5.41) is 11.9. The second kappa shape index (κ2) is 5.10. The minimum absolute atomic E-state index is 0.00354. The number of aliphatic hydroxyl groups is 1. The Kier molecular flexibility index (Phi) is 3.80. The molecule has 0 saturated carbocycles. The molecule has 6 heteroatoms. The number of alkyl halides is 3. The summed E-state index contributed by atoms with van der Waals surface area (Å²) in [5.74, 6) is 0.00354. The van der Waals surface area contributed by atoms with Crippen molar-refractivity contribution >= 4 is 11.3 Å². The van der Waals surface area contributed by atoms with Crippen molar-refractivity contribution in [3.8, 4) is 5.75 Å². The summed E-state index contributed by atoms with van der Waals surface area (Å²) in [5.41, 5.74) is -2.76. The summed E-state index contributed by atoms with van der Waals surface area (Å²) in [4.78, 5) is -0.186. The van der Waals surface area contributed by atoms with Crippen LogP contribution in [0.3, 0.4) is 0 Å². The molecule has 2 nitrogen and oxygen atoms in total. The monoisotopic (exact) mass is 302 g/mol. The van der Waals surface area contributed by atoms with Crippen LogP contribution in [0.5, 0.6) is 5.75 Å². The van der Waals surface area contributed by atoms with Gasteiger partial charge in [-0.2, -0.15) is 13.2 Å². The SMILES string of the molecule is COc1ccc(C)cc1C(O)(c1cccs1)C(F)(F)F. The van der Waals surface area contributed by atoms with Gasteiger partial charge in [0.15, 0.2) is 0 Å². The number of hydrogen-bond donors (Lipinski definition) is 1. The van der Waals surface area contributed by atoms with Crippen LogP contribution in [-0.4, -0.2) is 18.4 Å². The number of hydrogen-bond acceptors (Lipinski definition) is 3. The zero-order valence-electron chi connectivity index (χ0n) is 10.9. The van der Waals surface area contributed by atoms with Gasteiger partial charge in [-0.25, -0.2) is 0 Å². The van der Waals surface area contributed by atoms with E-state index < -0.39 is 11.8 Å². The smallest absolute Gasteiger partial charge is 0.426 e. The van der Waals surface area contributed by atoms with Gasteiger partial charge in [-0.15, -0.1) is 11.3 Å². The van der Waals surface area contributed by atoms with Gasteiger partial charge in [-0.1, -0.05) is 17.7 Å². The first kappa shape index (κ1) is 14.9. The number of benzene rings is 1. The highest BCUT2D eigenvalue weighted by Crippen LogP contribution is 2.48. The molecule has 0 amide bonds. The fourth-order valence-corrected chi connectivity index (χ4v) is 2.87. The van der Waals surface area contributed by atoms with Gasteiger partial charge < -0.3 is 9.84 Å².